The number of hydrogen-bond acceptors (Lipinski definition) is 4. The zero-order valence-corrected chi connectivity index (χ0v) is 14.9. The summed E-state index contributed by atoms with van der Waals surface area (Å²) in [5.41, 5.74) is -0.498. The number of anilines is 1. The molecule has 2 aromatic rings. The van der Waals surface area contributed by atoms with E-state index in [4.69, 9.17) is 4.74 Å². The van der Waals surface area contributed by atoms with Gasteiger partial charge < -0.3 is 15.0 Å². The van der Waals surface area contributed by atoms with E-state index in [9.17, 15) is 9.18 Å². The second kappa shape index (κ2) is 6.86. The third-order valence-electron chi connectivity index (χ3n) is 4.22. The number of ether oxygens (including phenoxy) is 1. The molecule has 1 aliphatic heterocycles. The first-order valence-electron chi connectivity index (χ1n) is 8.60. The van der Waals surface area contributed by atoms with Gasteiger partial charge in [0.25, 0.3) is 0 Å². The van der Waals surface area contributed by atoms with Crippen molar-refractivity contribution in [2.75, 3.05) is 18.0 Å². The molecule has 6 heteroatoms. The summed E-state index contributed by atoms with van der Waals surface area (Å²) in [5, 5.41) is 4.72. The van der Waals surface area contributed by atoms with Crippen LogP contribution in [-0.2, 0) is 4.74 Å². The fraction of sp³-hybridized carbons (Fsp3) is 0.474. The van der Waals surface area contributed by atoms with Crippen molar-refractivity contribution in [2.45, 2.75) is 45.3 Å². The van der Waals surface area contributed by atoms with Gasteiger partial charge in [0.15, 0.2) is 0 Å². The van der Waals surface area contributed by atoms with Gasteiger partial charge in [0, 0.05) is 30.7 Å². The molecule has 0 saturated carbocycles. The number of nitrogens with one attached hydrogen (secondary N) is 1. The van der Waals surface area contributed by atoms with Gasteiger partial charge in [-0.15, -0.1) is 0 Å². The second-order valence-electron chi connectivity index (χ2n) is 7.41. The molecule has 134 valence electrons. The van der Waals surface area contributed by atoms with Crippen LogP contribution in [0.15, 0.2) is 30.5 Å². The number of carbonyl (C=O) groups excluding carboxylic acids is 1. The number of piperidine rings is 1. The third kappa shape index (κ3) is 4.38. The van der Waals surface area contributed by atoms with Crippen LogP contribution in [0.25, 0.3) is 10.8 Å². The maximum Gasteiger partial charge on any atom is 0.407 e. The molecule has 1 aromatic heterocycles. The molecule has 0 bridgehead atoms. The van der Waals surface area contributed by atoms with Crippen molar-refractivity contribution >= 4 is 22.7 Å². The topological polar surface area (TPSA) is 54.5 Å². The molecular weight excluding hydrogens is 321 g/mol. The molecule has 1 saturated heterocycles. The number of aromatic nitrogens is 1. The van der Waals surface area contributed by atoms with Crippen molar-refractivity contribution in [3.05, 3.63) is 36.3 Å². The van der Waals surface area contributed by atoms with E-state index in [-0.39, 0.29) is 18.0 Å². The van der Waals surface area contributed by atoms with Gasteiger partial charge in [-0.3, -0.25) is 0 Å². The Morgan fingerprint density at radius 2 is 2.00 bits per heavy atom. The number of nitrogens with zero attached hydrogens (tertiary/aromatic N) is 2. The molecule has 0 atom stereocenters. The number of amides is 1. The normalized spacial score (nSPS) is 16.1. The molecule has 5 nitrogen and oxygen atoms in total. The molecular formula is C19H24FN3O2. The Morgan fingerprint density at radius 1 is 1.28 bits per heavy atom. The van der Waals surface area contributed by atoms with Crippen LogP contribution in [0.4, 0.5) is 15.0 Å². The number of rotatable bonds is 2. The van der Waals surface area contributed by atoms with E-state index < -0.39 is 5.60 Å². The second-order valence-corrected chi connectivity index (χ2v) is 7.41. The quantitative estimate of drug-likeness (QED) is 0.898. The SMILES string of the molecule is CC(C)(C)OC(=O)NC1CCN(c2nccc3ccc(F)cc23)CC1. The first-order chi connectivity index (χ1) is 11.8. The minimum absolute atomic E-state index is 0.0813. The van der Waals surface area contributed by atoms with Crippen molar-refractivity contribution in [3.63, 3.8) is 0 Å². The minimum atomic E-state index is -0.498. The van der Waals surface area contributed by atoms with Gasteiger partial charge in [-0.25, -0.2) is 14.2 Å². The molecule has 25 heavy (non-hydrogen) atoms. The lowest BCUT2D eigenvalue weighted by atomic mass is 10.0. The molecule has 2 heterocycles. The molecule has 1 fully saturated rings. The van der Waals surface area contributed by atoms with Crippen molar-refractivity contribution in [3.8, 4) is 0 Å². The van der Waals surface area contributed by atoms with Gasteiger partial charge in [-0.1, -0.05) is 6.07 Å². The maximum absolute atomic E-state index is 13.6. The first-order valence-corrected chi connectivity index (χ1v) is 8.60. The van der Waals surface area contributed by atoms with Crippen molar-refractivity contribution in [1.29, 1.82) is 0 Å². The van der Waals surface area contributed by atoms with Gasteiger partial charge in [0.1, 0.15) is 17.2 Å². The van der Waals surface area contributed by atoms with Crippen molar-refractivity contribution in [2.24, 2.45) is 0 Å². The molecule has 0 aliphatic carbocycles. The largest absolute Gasteiger partial charge is 0.444 e. The molecule has 1 aliphatic rings. The molecule has 0 spiro atoms. The van der Waals surface area contributed by atoms with Crippen LogP contribution < -0.4 is 10.2 Å². The highest BCUT2D eigenvalue weighted by Crippen LogP contribution is 2.27. The number of alkyl carbamates (subject to hydrolysis) is 1. The average molecular weight is 345 g/mol. The smallest absolute Gasteiger partial charge is 0.407 e. The fourth-order valence-corrected chi connectivity index (χ4v) is 3.09. The highest BCUT2D eigenvalue weighted by molar-refractivity contribution is 5.92. The summed E-state index contributed by atoms with van der Waals surface area (Å²) in [5.74, 6) is 0.538. The fourth-order valence-electron chi connectivity index (χ4n) is 3.09. The van der Waals surface area contributed by atoms with Crippen LogP contribution in [0.5, 0.6) is 0 Å². The van der Waals surface area contributed by atoms with Crippen molar-refractivity contribution in [1.82, 2.24) is 10.3 Å². The number of benzene rings is 1. The summed E-state index contributed by atoms with van der Waals surface area (Å²) in [6, 6.07) is 6.73. The lowest BCUT2D eigenvalue weighted by molar-refractivity contribution is 0.0497. The average Bonchev–Trinajstić information content (AvgIpc) is 2.53. The predicted molar refractivity (Wildman–Crippen MR) is 96.3 cm³/mol. The Kier molecular flexibility index (Phi) is 4.79. The summed E-state index contributed by atoms with van der Waals surface area (Å²) in [6.45, 7) is 7.05. The van der Waals surface area contributed by atoms with E-state index in [0.717, 1.165) is 42.5 Å². The van der Waals surface area contributed by atoms with Crippen LogP contribution in [0, 0.1) is 5.82 Å². The van der Waals surface area contributed by atoms with Gasteiger partial charge in [-0.05, 0) is 57.2 Å². The Hall–Kier alpha value is -2.37. The summed E-state index contributed by atoms with van der Waals surface area (Å²) in [6.07, 6.45) is 2.97. The third-order valence-corrected chi connectivity index (χ3v) is 4.22. The number of carbonyl (C=O) groups is 1. The summed E-state index contributed by atoms with van der Waals surface area (Å²) in [4.78, 5) is 18.5. The van der Waals surface area contributed by atoms with E-state index in [2.05, 4.69) is 15.2 Å². The highest BCUT2D eigenvalue weighted by Gasteiger charge is 2.24. The number of pyridine rings is 1. The molecule has 1 amide bonds. The highest BCUT2D eigenvalue weighted by atomic mass is 19.1. The number of fused-ring (bicyclic) bond motifs is 1. The van der Waals surface area contributed by atoms with Gasteiger partial charge in [0.05, 0.1) is 0 Å². The van der Waals surface area contributed by atoms with E-state index in [1.165, 1.54) is 12.1 Å². The predicted octanol–water partition coefficient (Wildman–Crippen LogP) is 3.87. The van der Waals surface area contributed by atoms with Gasteiger partial charge in [0.2, 0.25) is 0 Å². The molecule has 0 radical (unpaired) electrons. The van der Waals surface area contributed by atoms with Crippen LogP contribution in [0.1, 0.15) is 33.6 Å². The summed E-state index contributed by atoms with van der Waals surface area (Å²) in [7, 11) is 0. The maximum atomic E-state index is 13.6. The summed E-state index contributed by atoms with van der Waals surface area (Å²) < 4.78 is 18.9. The van der Waals surface area contributed by atoms with Gasteiger partial charge in [-0.2, -0.15) is 0 Å². The van der Waals surface area contributed by atoms with Gasteiger partial charge >= 0.3 is 6.09 Å². The zero-order valence-electron chi connectivity index (χ0n) is 14.9. The Bertz CT molecular complexity index is 765. The molecule has 3 rings (SSSR count). The Morgan fingerprint density at radius 3 is 2.68 bits per heavy atom. The van der Waals surface area contributed by atoms with Crippen LogP contribution in [-0.4, -0.2) is 35.8 Å². The van der Waals surface area contributed by atoms with E-state index >= 15 is 0 Å². The zero-order chi connectivity index (χ0) is 18.0. The van der Waals surface area contributed by atoms with Crippen LogP contribution >= 0.6 is 0 Å². The Labute approximate surface area is 147 Å². The molecule has 1 N–H and O–H groups in total. The van der Waals surface area contributed by atoms with E-state index in [1.54, 1.807) is 12.3 Å². The lowest BCUT2D eigenvalue weighted by Gasteiger charge is -2.34. The van der Waals surface area contributed by atoms with Crippen molar-refractivity contribution < 1.29 is 13.9 Å². The van der Waals surface area contributed by atoms with Crippen LogP contribution in [0.3, 0.4) is 0 Å². The summed E-state index contributed by atoms with van der Waals surface area (Å²) >= 11 is 0. The lowest BCUT2D eigenvalue weighted by Crippen LogP contribution is -2.46. The van der Waals surface area contributed by atoms with Crippen LogP contribution in [0.2, 0.25) is 0 Å². The molecule has 1 aromatic carbocycles. The monoisotopic (exact) mass is 345 g/mol. The Balaban J connectivity index is 1.65. The molecule has 0 unspecified atom stereocenters. The number of halogens is 1. The standard InChI is InChI=1S/C19H24FN3O2/c1-19(2,3)25-18(24)22-15-7-10-23(11-8-15)17-16-12-14(20)5-4-13(16)6-9-21-17/h4-6,9,12,15H,7-8,10-11H2,1-3H3,(H,22,24). The first kappa shape index (κ1) is 17.5. The number of hydrogen-bond donors (Lipinski definition) is 1. The van der Waals surface area contributed by atoms with E-state index in [0.29, 0.717) is 0 Å². The van der Waals surface area contributed by atoms with E-state index in [1.807, 2.05) is 26.8 Å². The minimum Gasteiger partial charge on any atom is -0.444 e.